The average molecular weight is 391 g/mol. The zero-order valence-corrected chi connectivity index (χ0v) is 14.1. The highest BCUT2D eigenvalue weighted by Crippen LogP contribution is 2.25. The number of carbonyl (C=O) groups excluding carboxylic acids is 1. The number of benzene rings is 2. The molecular formula is C16H15BrN4O3. The van der Waals surface area contributed by atoms with E-state index >= 15 is 0 Å². The molecule has 0 saturated carbocycles. The van der Waals surface area contributed by atoms with Gasteiger partial charge in [-0.25, -0.2) is 4.79 Å². The molecule has 3 aromatic rings. The second-order valence-corrected chi connectivity index (χ2v) is 6.12. The lowest BCUT2D eigenvalue weighted by molar-refractivity contribution is -0.119. The van der Waals surface area contributed by atoms with Gasteiger partial charge in [-0.05, 0) is 36.4 Å². The van der Waals surface area contributed by atoms with E-state index in [-0.39, 0.29) is 12.3 Å². The molecule has 0 spiro atoms. The van der Waals surface area contributed by atoms with Gasteiger partial charge in [0.05, 0.1) is 11.0 Å². The molecule has 1 amide bonds. The van der Waals surface area contributed by atoms with E-state index in [1.807, 2.05) is 30.3 Å². The molecule has 1 aromatic heterocycles. The van der Waals surface area contributed by atoms with Gasteiger partial charge < -0.3 is 25.8 Å². The van der Waals surface area contributed by atoms with Crippen molar-refractivity contribution in [3.63, 3.8) is 0 Å². The van der Waals surface area contributed by atoms with E-state index in [2.05, 4.69) is 31.2 Å². The summed E-state index contributed by atoms with van der Waals surface area (Å²) in [7, 11) is 0. The molecule has 0 atom stereocenters. The van der Waals surface area contributed by atoms with Crippen molar-refractivity contribution in [3.05, 3.63) is 56.9 Å². The third-order valence-electron chi connectivity index (χ3n) is 3.39. The van der Waals surface area contributed by atoms with Crippen LogP contribution >= 0.6 is 15.9 Å². The number of ether oxygens (including phenoxy) is 1. The predicted molar refractivity (Wildman–Crippen MR) is 95.1 cm³/mol. The molecule has 0 aliphatic carbocycles. The van der Waals surface area contributed by atoms with Crippen LogP contribution in [0.1, 0.15) is 5.56 Å². The van der Waals surface area contributed by atoms with E-state index < -0.39 is 5.91 Å². The normalized spacial score (nSPS) is 10.7. The molecule has 2 aromatic carbocycles. The SMILES string of the molecule is NC(=O)COc1ccc(Br)cc1CNc1ccc2[nH]c(=O)[nH]c2c1. The molecule has 8 heteroatoms. The number of nitrogens with one attached hydrogen (secondary N) is 3. The number of imidazole rings is 1. The third kappa shape index (κ3) is 3.77. The number of aromatic nitrogens is 2. The molecule has 0 bridgehead atoms. The van der Waals surface area contributed by atoms with E-state index in [9.17, 15) is 9.59 Å². The Labute approximate surface area is 145 Å². The Balaban J connectivity index is 1.77. The maximum Gasteiger partial charge on any atom is 0.323 e. The number of anilines is 1. The summed E-state index contributed by atoms with van der Waals surface area (Å²) in [6.07, 6.45) is 0. The van der Waals surface area contributed by atoms with Crippen LogP contribution in [0.25, 0.3) is 11.0 Å². The van der Waals surface area contributed by atoms with Gasteiger partial charge in [-0.2, -0.15) is 0 Å². The molecule has 0 saturated heterocycles. The average Bonchev–Trinajstić information content (AvgIpc) is 2.91. The van der Waals surface area contributed by atoms with Gasteiger partial charge in [0, 0.05) is 22.3 Å². The molecule has 0 fully saturated rings. The lowest BCUT2D eigenvalue weighted by Gasteiger charge is -2.12. The van der Waals surface area contributed by atoms with Crippen LogP contribution in [0.2, 0.25) is 0 Å². The van der Waals surface area contributed by atoms with Crippen LogP contribution in [-0.2, 0) is 11.3 Å². The summed E-state index contributed by atoms with van der Waals surface area (Å²) in [5.74, 6) is 0.0549. The molecule has 0 aliphatic rings. The largest absolute Gasteiger partial charge is 0.483 e. The molecule has 7 nitrogen and oxygen atoms in total. The summed E-state index contributed by atoms with van der Waals surface area (Å²) < 4.78 is 6.33. The predicted octanol–water partition coefficient (Wildman–Crippen LogP) is 2.09. The monoisotopic (exact) mass is 390 g/mol. The summed E-state index contributed by atoms with van der Waals surface area (Å²) in [5.41, 5.74) is 8.07. The molecule has 124 valence electrons. The minimum absolute atomic E-state index is 0.175. The van der Waals surface area contributed by atoms with Gasteiger partial charge in [-0.15, -0.1) is 0 Å². The van der Waals surface area contributed by atoms with Crippen molar-refractivity contribution < 1.29 is 9.53 Å². The standard InChI is InChI=1S/C16H15BrN4O3/c17-10-1-4-14(24-8-15(18)22)9(5-10)7-19-11-2-3-12-13(6-11)21-16(23)20-12/h1-6,19H,7-8H2,(H2,18,22)(H2,20,21,23). The highest BCUT2D eigenvalue weighted by atomic mass is 79.9. The van der Waals surface area contributed by atoms with E-state index in [0.29, 0.717) is 12.3 Å². The van der Waals surface area contributed by atoms with E-state index in [1.165, 1.54) is 0 Å². The quantitative estimate of drug-likeness (QED) is 0.515. The van der Waals surface area contributed by atoms with Crippen molar-refractivity contribution in [2.45, 2.75) is 6.54 Å². The fraction of sp³-hybridized carbons (Fsp3) is 0.125. The summed E-state index contributed by atoms with van der Waals surface area (Å²) >= 11 is 3.42. The smallest absolute Gasteiger partial charge is 0.323 e. The summed E-state index contributed by atoms with van der Waals surface area (Å²) in [6.45, 7) is 0.304. The van der Waals surface area contributed by atoms with Crippen LogP contribution in [0.5, 0.6) is 5.75 Å². The van der Waals surface area contributed by atoms with Gasteiger partial charge in [0.25, 0.3) is 5.91 Å². The zero-order valence-electron chi connectivity index (χ0n) is 12.6. The minimum atomic E-state index is -0.529. The van der Waals surface area contributed by atoms with Gasteiger partial charge in [-0.1, -0.05) is 15.9 Å². The number of H-pyrrole nitrogens is 2. The summed E-state index contributed by atoms with van der Waals surface area (Å²) in [4.78, 5) is 27.6. The third-order valence-corrected chi connectivity index (χ3v) is 3.88. The number of fused-ring (bicyclic) bond motifs is 1. The van der Waals surface area contributed by atoms with Crippen molar-refractivity contribution in [1.82, 2.24) is 9.97 Å². The van der Waals surface area contributed by atoms with Crippen LogP contribution in [0.3, 0.4) is 0 Å². The van der Waals surface area contributed by atoms with Crippen LogP contribution in [-0.4, -0.2) is 22.5 Å². The number of primary amides is 1. The highest BCUT2D eigenvalue weighted by molar-refractivity contribution is 9.10. The Morgan fingerprint density at radius 1 is 1.17 bits per heavy atom. The first-order valence-electron chi connectivity index (χ1n) is 7.17. The Hall–Kier alpha value is -2.74. The second kappa shape index (κ2) is 6.79. The first kappa shape index (κ1) is 16.1. The first-order chi connectivity index (χ1) is 11.5. The number of halogens is 1. The van der Waals surface area contributed by atoms with Crippen LogP contribution in [0, 0.1) is 0 Å². The number of carbonyl (C=O) groups is 1. The molecule has 0 aliphatic heterocycles. The van der Waals surface area contributed by atoms with Crippen molar-refractivity contribution >= 4 is 38.6 Å². The van der Waals surface area contributed by atoms with Crippen LogP contribution < -0.4 is 21.5 Å². The maximum absolute atomic E-state index is 11.3. The first-order valence-corrected chi connectivity index (χ1v) is 7.96. The Bertz CT molecular complexity index is 948. The van der Waals surface area contributed by atoms with Crippen molar-refractivity contribution in [3.8, 4) is 5.75 Å². The van der Waals surface area contributed by atoms with Crippen molar-refractivity contribution in [2.75, 3.05) is 11.9 Å². The molecular weight excluding hydrogens is 376 g/mol. The van der Waals surface area contributed by atoms with E-state index in [1.54, 1.807) is 6.07 Å². The van der Waals surface area contributed by atoms with E-state index in [4.69, 9.17) is 10.5 Å². The molecule has 24 heavy (non-hydrogen) atoms. The van der Waals surface area contributed by atoms with Gasteiger partial charge in [-0.3, -0.25) is 4.79 Å². The van der Waals surface area contributed by atoms with Gasteiger partial charge in [0.2, 0.25) is 0 Å². The summed E-state index contributed by atoms with van der Waals surface area (Å²) in [5, 5.41) is 3.26. The van der Waals surface area contributed by atoms with Crippen molar-refractivity contribution in [1.29, 1.82) is 0 Å². The van der Waals surface area contributed by atoms with Gasteiger partial charge >= 0.3 is 5.69 Å². The zero-order chi connectivity index (χ0) is 17.1. The second-order valence-electron chi connectivity index (χ2n) is 5.20. The van der Waals surface area contributed by atoms with Gasteiger partial charge in [0.1, 0.15) is 5.75 Å². The molecule has 1 heterocycles. The molecule has 5 N–H and O–H groups in total. The number of hydrogen-bond acceptors (Lipinski definition) is 4. The van der Waals surface area contributed by atoms with Crippen LogP contribution in [0.15, 0.2) is 45.7 Å². The number of rotatable bonds is 6. The topological polar surface area (TPSA) is 113 Å². The fourth-order valence-electron chi connectivity index (χ4n) is 2.32. The summed E-state index contributed by atoms with van der Waals surface area (Å²) in [6, 6.07) is 11.0. The number of nitrogens with two attached hydrogens (primary N) is 1. The molecule has 0 unspecified atom stereocenters. The van der Waals surface area contributed by atoms with Crippen LogP contribution in [0.4, 0.5) is 5.69 Å². The number of hydrogen-bond donors (Lipinski definition) is 4. The Kier molecular flexibility index (Phi) is 4.57. The van der Waals surface area contributed by atoms with E-state index in [0.717, 1.165) is 26.8 Å². The maximum atomic E-state index is 11.3. The lowest BCUT2D eigenvalue weighted by Crippen LogP contribution is -2.20. The minimum Gasteiger partial charge on any atom is -0.483 e. The van der Waals surface area contributed by atoms with Crippen molar-refractivity contribution in [2.24, 2.45) is 5.73 Å². The Morgan fingerprint density at radius 2 is 1.96 bits per heavy atom. The van der Waals surface area contributed by atoms with Gasteiger partial charge in [0.15, 0.2) is 6.61 Å². The fourth-order valence-corrected chi connectivity index (χ4v) is 2.72. The number of amides is 1. The lowest BCUT2D eigenvalue weighted by atomic mass is 10.2. The Morgan fingerprint density at radius 3 is 2.75 bits per heavy atom. The number of aromatic amines is 2. The molecule has 3 rings (SSSR count). The highest BCUT2D eigenvalue weighted by Gasteiger charge is 2.07. The molecule has 0 radical (unpaired) electrons.